The maximum atomic E-state index is 13.6. The number of pyridine rings is 1. The van der Waals surface area contributed by atoms with Gasteiger partial charge in [0.05, 0.1) is 41.4 Å². The number of carbonyl (C=O) groups is 4. The topological polar surface area (TPSA) is 151 Å². The number of carbonyl (C=O) groups excluding carboxylic acids is 4. The average Bonchev–Trinajstić information content (AvgIpc) is 3.29. The Morgan fingerprint density at radius 1 is 1.09 bits per heavy atom. The van der Waals surface area contributed by atoms with Gasteiger partial charge in [0.1, 0.15) is 17.4 Å². The second-order valence-corrected chi connectivity index (χ2v) is 15.9. The van der Waals surface area contributed by atoms with Crippen LogP contribution >= 0.6 is 36.2 Å². The largest absolute Gasteiger partial charge is 0.377 e. The molecule has 1 aliphatic carbocycles. The molecule has 2 N–H and O–H groups in total. The number of halogens is 2. The van der Waals surface area contributed by atoms with E-state index in [1.165, 1.54) is 0 Å². The fourth-order valence-electron chi connectivity index (χ4n) is 8.26. The van der Waals surface area contributed by atoms with Crippen molar-refractivity contribution in [2.24, 2.45) is 0 Å². The van der Waals surface area contributed by atoms with Crippen molar-refractivity contribution in [2.75, 3.05) is 43.0 Å². The van der Waals surface area contributed by atoms with E-state index in [1.807, 2.05) is 13.8 Å². The maximum absolute atomic E-state index is 13.6. The summed E-state index contributed by atoms with van der Waals surface area (Å²) in [6, 6.07) is 10.9. The molecule has 4 amide bonds. The van der Waals surface area contributed by atoms with Crippen molar-refractivity contribution in [1.29, 1.82) is 5.26 Å². The van der Waals surface area contributed by atoms with Gasteiger partial charge in [0.2, 0.25) is 17.7 Å². The van der Waals surface area contributed by atoms with E-state index in [4.69, 9.17) is 28.6 Å². The highest BCUT2D eigenvalue weighted by Crippen LogP contribution is 2.39. The number of hydrogen-bond donors (Lipinski definition) is 2. The minimum absolute atomic E-state index is 0. The Labute approximate surface area is 333 Å². The maximum Gasteiger partial charge on any atom is 0.258 e. The van der Waals surface area contributed by atoms with Gasteiger partial charge >= 0.3 is 0 Å². The molecule has 4 fully saturated rings. The number of amides is 4. The number of rotatable bonds is 10. The van der Waals surface area contributed by atoms with Gasteiger partial charge in [-0.15, -0.1) is 12.4 Å². The lowest BCUT2D eigenvalue weighted by Gasteiger charge is -2.44. The molecule has 3 aliphatic heterocycles. The zero-order valence-electron chi connectivity index (χ0n) is 31.0. The normalized spacial score (nSPS) is 26.3. The molecule has 1 aromatic heterocycles. The van der Waals surface area contributed by atoms with Gasteiger partial charge in [-0.3, -0.25) is 39.2 Å². The van der Waals surface area contributed by atoms with Crippen LogP contribution in [0.2, 0.25) is 5.02 Å². The number of nitriles is 1. The average molecular weight is 800 g/mol. The zero-order valence-corrected chi connectivity index (χ0v) is 33.4. The lowest BCUT2D eigenvalue weighted by atomic mass is 9.89. The van der Waals surface area contributed by atoms with Crippen molar-refractivity contribution < 1.29 is 23.9 Å². The monoisotopic (exact) mass is 798 g/mol. The summed E-state index contributed by atoms with van der Waals surface area (Å²) >= 11 is 12.2. The van der Waals surface area contributed by atoms with Gasteiger partial charge in [-0.25, -0.2) is 4.98 Å². The number of anilines is 2. The van der Waals surface area contributed by atoms with E-state index in [1.54, 1.807) is 41.4 Å². The predicted octanol–water partition coefficient (Wildman–Crippen LogP) is 4.62. The van der Waals surface area contributed by atoms with Crippen LogP contribution in [0, 0.1) is 11.3 Å². The number of piperidine rings is 1. The molecule has 2 aromatic rings. The third-order valence-corrected chi connectivity index (χ3v) is 11.7. The van der Waals surface area contributed by atoms with Gasteiger partial charge in [0.25, 0.3) is 5.91 Å². The van der Waals surface area contributed by atoms with Crippen molar-refractivity contribution in [2.45, 2.75) is 102 Å². The Bertz CT molecular complexity index is 1800. The van der Waals surface area contributed by atoms with Crippen molar-refractivity contribution in [3.63, 3.8) is 0 Å². The molecule has 1 aromatic carbocycles. The summed E-state index contributed by atoms with van der Waals surface area (Å²) in [7, 11) is 0. The molecule has 290 valence electrons. The fraction of sp³-hybridized carbons (Fsp3) is 0.553. The van der Waals surface area contributed by atoms with Gasteiger partial charge in [-0.05, 0) is 108 Å². The van der Waals surface area contributed by atoms with Crippen molar-refractivity contribution in [3.05, 3.63) is 52.7 Å². The van der Waals surface area contributed by atoms with E-state index in [9.17, 15) is 24.4 Å². The molecule has 6 rings (SSSR count). The first-order valence-corrected chi connectivity index (χ1v) is 19.1. The van der Waals surface area contributed by atoms with E-state index < -0.39 is 11.5 Å². The number of piperazine rings is 1. The summed E-state index contributed by atoms with van der Waals surface area (Å²) in [5.41, 5.74) is 0.823. The van der Waals surface area contributed by atoms with E-state index >= 15 is 0 Å². The summed E-state index contributed by atoms with van der Waals surface area (Å²) in [4.78, 5) is 63.0. The van der Waals surface area contributed by atoms with Gasteiger partial charge in [0.15, 0.2) is 5.11 Å². The molecule has 54 heavy (non-hydrogen) atoms. The molecule has 16 heteroatoms. The first-order chi connectivity index (χ1) is 25.3. The van der Waals surface area contributed by atoms with Gasteiger partial charge in [-0.1, -0.05) is 11.6 Å². The molecule has 4 heterocycles. The summed E-state index contributed by atoms with van der Waals surface area (Å²) in [5.74, 6) is -0.927. The smallest absolute Gasteiger partial charge is 0.258 e. The van der Waals surface area contributed by atoms with Gasteiger partial charge < -0.3 is 15.0 Å². The second kappa shape index (κ2) is 17.4. The Hall–Kier alpha value is -3.71. The molecule has 13 nitrogen and oxygen atoms in total. The summed E-state index contributed by atoms with van der Waals surface area (Å²) < 4.78 is 6.38. The summed E-state index contributed by atoms with van der Waals surface area (Å²) in [6.45, 7) is 11.3. The first-order valence-electron chi connectivity index (χ1n) is 18.3. The lowest BCUT2D eigenvalue weighted by Crippen LogP contribution is -2.58. The quantitative estimate of drug-likeness (QED) is 0.256. The molecule has 0 bridgehead atoms. The molecule has 0 spiro atoms. The van der Waals surface area contributed by atoms with Crippen molar-refractivity contribution >= 4 is 76.5 Å². The molecule has 3 atom stereocenters. The van der Waals surface area contributed by atoms with Crippen LogP contribution in [0.25, 0.3) is 0 Å². The van der Waals surface area contributed by atoms with Gasteiger partial charge in [-0.2, -0.15) is 5.26 Å². The predicted molar refractivity (Wildman–Crippen MR) is 211 cm³/mol. The van der Waals surface area contributed by atoms with Crippen molar-refractivity contribution in [3.8, 4) is 6.07 Å². The molecular formula is C38H48Cl2N8O5S. The Morgan fingerprint density at radius 2 is 1.80 bits per heavy atom. The third kappa shape index (κ3) is 8.88. The lowest BCUT2D eigenvalue weighted by molar-refractivity contribution is -0.134. The number of nitrogens with zero attached hydrogens (tertiary/aromatic N) is 6. The minimum atomic E-state index is -0.814. The van der Waals surface area contributed by atoms with Crippen LogP contribution in [0.3, 0.4) is 0 Å². The standard InChI is InChI=1S/C38H47ClN8O5S.ClH/c1-23-20-44(21-24(2)45(23)22-34(49)42-32-17-25(13-14-41-32)30-11-12-33(48)43-35(30)50)15-16-52-29-9-7-27(8-10-29)47-37(53)46(36(51)38(47,3)4)28-6-5-26(19-40)31(39)18-28;/h5-6,13-14,17-18,23-24,27,29-30H,7-12,15-16,20-22H2,1-4H3,(H,41,42,49)(H,43,48,50);1H/t23-,24+,27?,29?,30?;. The number of hydrogen-bond acceptors (Lipinski definition) is 10. The first kappa shape index (κ1) is 41.5. The highest BCUT2D eigenvalue weighted by atomic mass is 35.5. The molecule has 3 saturated heterocycles. The highest BCUT2D eigenvalue weighted by Gasteiger charge is 2.52. The minimum Gasteiger partial charge on any atom is -0.377 e. The summed E-state index contributed by atoms with van der Waals surface area (Å²) in [5, 5.41) is 15.3. The van der Waals surface area contributed by atoms with Crippen LogP contribution in [0.4, 0.5) is 11.5 Å². The van der Waals surface area contributed by atoms with Crippen LogP contribution in [-0.2, 0) is 23.9 Å². The van der Waals surface area contributed by atoms with E-state index in [-0.39, 0.29) is 78.3 Å². The third-order valence-electron chi connectivity index (χ3n) is 11.0. The number of nitrogens with one attached hydrogen (secondary N) is 2. The number of thiocarbonyl (C=S) groups is 1. The Kier molecular flexibility index (Phi) is 13.4. The SMILES string of the molecule is C[C@@H]1CN(CCOC2CCC(N3C(=S)N(c4ccc(C#N)c(Cl)c4)C(=O)C3(C)C)CC2)C[C@H](C)N1CC(=O)Nc1cc(C2CCC(=O)NC2=O)ccn1.Cl. The Morgan fingerprint density at radius 3 is 2.44 bits per heavy atom. The van der Waals surface area contributed by atoms with E-state index in [0.29, 0.717) is 35.2 Å². The van der Waals surface area contributed by atoms with E-state index in [0.717, 1.165) is 50.9 Å². The van der Waals surface area contributed by atoms with Gasteiger partial charge in [0, 0.05) is 50.4 Å². The second-order valence-electron chi connectivity index (χ2n) is 15.1. The Balaban J connectivity index is 0.00000561. The van der Waals surface area contributed by atoms with Crippen LogP contribution in [0.5, 0.6) is 0 Å². The highest BCUT2D eigenvalue weighted by molar-refractivity contribution is 7.80. The molecule has 0 radical (unpaired) electrons. The number of ether oxygens (including phenoxy) is 1. The zero-order chi connectivity index (χ0) is 38.0. The van der Waals surface area contributed by atoms with E-state index in [2.05, 4.69) is 50.2 Å². The van der Waals surface area contributed by atoms with Crippen LogP contribution in [0.1, 0.15) is 83.3 Å². The van der Waals surface area contributed by atoms with Crippen molar-refractivity contribution in [1.82, 2.24) is 25.0 Å². The number of benzene rings is 1. The molecule has 1 unspecified atom stereocenters. The number of aromatic nitrogens is 1. The fourth-order valence-corrected chi connectivity index (χ4v) is 9.04. The number of imide groups is 1. The van der Waals surface area contributed by atoms with Crippen LogP contribution < -0.4 is 15.5 Å². The van der Waals surface area contributed by atoms with Crippen LogP contribution in [0.15, 0.2) is 36.5 Å². The molecular weight excluding hydrogens is 751 g/mol. The molecule has 4 aliphatic rings. The molecule has 1 saturated carbocycles. The van der Waals surface area contributed by atoms with Crippen LogP contribution in [-0.4, -0.2) is 111 Å². The summed E-state index contributed by atoms with van der Waals surface area (Å²) in [6.07, 6.45) is 5.88.